The molecule has 0 aromatic carbocycles. The molecule has 1 heterocycles. The van der Waals surface area contributed by atoms with E-state index >= 15 is 0 Å². The van der Waals surface area contributed by atoms with Gasteiger partial charge in [0.15, 0.2) is 0 Å². The van der Waals surface area contributed by atoms with Crippen molar-refractivity contribution in [2.24, 2.45) is 0 Å². The van der Waals surface area contributed by atoms with Crippen LogP contribution in [0.25, 0.3) is 0 Å². The normalized spacial score (nSPS) is 26.7. The van der Waals surface area contributed by atoms with Crippen LogP contribution in [0, 0.1) is 0 Å². The summed E-state index contributed by atoms with van der Waals surface area (Å²) in [7, 11) is -0.668. The van der Waals surface area contributed by atoms with Crippen molar-refractivity contribution in [1.29, 1.82) is 0 Å². The molecule has 0 spiro atoms. The number of hydrogen-bond donors (Lipinski definition) is 1. The maximum Gasteiger partial charge on any atom is 0.0480 e. The predicted octanol–water partition coefficient (Wildman–Crippen LogP) is 0.524. The summed E-state index contributed by atoms with van der Waals surface area (Å²) in [6.07, 6.45) is 5.18. The molecule has 2 unspecified atom stereocenters. The van der Waals surface area contributed by atoms with Crippen LogP contribution in [0.1, 0.15) is 19.3 Å². The molecular weight excluding hydrogens is 186 g/mol. The van der Waals surface area contributed by atoms with Crippen LogP contribution in [0.2, 0.25) is 0 Å². The number of rotatable bonds is 4. The van der Waals surface area contributed by atoms with E-state index in [0.717, 1.165) is 38.4 Å². The van der Waals surface area contributed by atoms with Gasteiger partial charge in [-0.05, 0) is 19.3 Å². The van der Waals surface area contributed by atoms with Crippen LogP contribution in [-0.2, 0) is 15.5 Å². The highest BCUT2D eigenvalue weighted by Crippen LogP contribution is 2.07. The largest absolute Gasteiger partial charge is 0.381 e. The standard InChI is InChI=1S/C9H19NO2S/c1-13(11)8-5-10-9-3-2-6-12-7-4-9/h9-10H,2-8H2,1H3. The third-order valence-corrected chi connectivity index (χ3v) is 3.05. The second kappa shape index (κ2) is 6.51. The summed E-state index contributed by atoms with van der Waals surface area (Å²) in [4.78, 5) is 0. The molecule has 0 aliphatic carbocycles. The van der Waals surface area contributed by atoms with E-state index in [-0.39, 0.29) is 0 Å². The summed E-state index contributed by atoms with van der Waals surface area (Å²) >= 11 is 0. The summed E-state index contributed by atoms with van der Waals surface area (Å²) in [6.45, 7) is 2.64. The van der Waals surface area contributed by atoms with Crippen molar-refractivity contribution in [3.8, 4) is 0 Å². The van der Waals surface area contributed by atoms with Gasteiger partial charge in [-0.15, -0.1) is 0 Å². The molecule has 0 saturated carbocycles. The van der Waals surface area contributed by atoms with Crippen molar-refractivity contribution in [2.75, 3.05) is 31.8 Å². The average molecular weight is 205 g/mol. The van der Waals surface area contributed by atoms with Crippen LogP contribution in [-0.4, -0.2) is 42.0 Å². The van der Waals surface area contributed by atoms with Gasteiger partial charge in [0, 0.05) is 48.6 Å². The van der Waals surface area contributed by atoms with E-state index in [1.54, 1.807) is 6.26 Å². The lowest BCUT2D eigenvalue weighted by Crippen LogP contribution is -2.32. The highest BCUT2D eigenvalue weighted by molar-refractivity contribution is 7.84. The van der Waals surface area contributed by atoms with E-state index in [1.807, 2.05) is 0 Å². The fourth-order valence-corrected chi connectivity index (χ4v) is 1.92. The van der Waals surface area contributed by atoms with Crippen molar-refractivity contribution in [2.45, 2.75) is 25.3 Å². The van der Waals surface area contributed by atoms with Crippen molar-refractivity contribution in [3.05, 3.63) is 0 Å². The Morgan fingerprint density at radius 3 is 3.08 bits per heavy atom. The highest BCUT2D eigenvalue weighted by Gasteiger charge is 2.10. The van der Waals surface area contributed by atoms with Gasteiger partial charge in [-0.25, -0.2) is 0 Å². The van der Waals surface area contributed by atoms with Crippen LogP contribution < -0.4 is 5.32 Å². The average Bonchev–Trinajstić information content (AvgIpc) is 2.32. The van der Waals surface area contributed by atoms with E-state index < -0.39 is 10.8 Å². The molecule has 1 aliphatic rings. The molecule has 0 bridgehead atoms. The van der Waals surface area contributed by atoms with Gasteiger partial charge in [-0.1, -0.05) is 0 Å². The lowest BCUT2D eigenvalue weighted by Gasteiger charge is -2.14. The molecule has 1 rings (SSSR count). The second-order valence-electron chi connectivity index (χ2n) is 3.47. The van der Waals surface area contributed by atoms with Gasteiger partial charge in [-0.2, -0.15) is 0 Å². The molecule has 1 saturated heterocycles. The molecule has 13 heavy (non-hydrogen) atoms. The maximum absolute atomic E-state index is 10.8. The molecular formula is C9H19NO2S. The fourth-order valence-electron chi connectivity index (χ4n) is 1.51. The quantitative estimate of drug-likeness (QED) is 0.727. The Morgan fingerprint density at radius 1 is 1.46 bits per heavy atom. The molecule has 0 aromatic rings. The van der Waals surface area contributed by atoms with Gasteiger partial charge < -0.3 is 10.1 Å². The first-order valence-electron chi connectivity index (χ1n) is 4.90. The molecule has 0 amide bonds. The monoisotopic (exact) mass is 205 g/mol. The lowest BCUT2D eigenvalue weighted by atomic mass is 10.1. The van der Waals surface area contributed by atoms with Crippen molar-refractivity contribution < 1.29 is 8.95 Å². The highest BCUT2D eigenvalue weighted by atomic mass is 32.2. The van der Waals surface area contributed by atoms with Gasteiger partial charge in [0.1, 0.15) is 0 Å². The Kier molecular flexibility index (Phi) is 5.58. The first-order chi connectivity index (χ1) is 6.29. The Hall–Kier alpha value is 0.0700. The molecule has 1 fully saturated rings. The third kappa shape index (κ3) is 5.39. The first-order valence-corrected chi connectivity index (χ1v) is 6.63. The third-order valence-electron chi connectivity index (χ3n) is 2.27. The van der Waals surface area contributed by atoms with Gasteiger partial charge in [-0.3, -0.25) is 4.21 Å². The Labute approximate surface area is 82.7 Å². The smallest absolute Gasteiger partial charge is 0.0480 e. The zero-order chi connectivity index (χ0) is 9.52. The molecule has 3 nitrogen and oxygen atoms in total. The fraction of sp³-hybridized carbons (Fsp3) is 1.00. The van der Waals surface area contributed by atoms with E-state index in [1.165, 1.54) is 6.42 Å². The van der Waals surface area contributed by atoms with Crippen LogP contribution in [0.5, 0.6) is 0 Å². The van der Waals surface area contributed by atoms with Gasteiger partial charge >= 0.3 is 0 Å². The van der Waals surface area contributed by atoms with Crippen LogP contribution in [0.4, 0.5) is 0 Å². The molecule has 2 atom stereocenters. The molecule has 1 N–H and O–H groups in total. The summed E-state index contributed by atoms with van der Waals surface area (Å²) in [5, 5.41) is 3.42. The van der Waals surface area contributed by atoms with E-state index in [0.29, 0.717) is 6.04 Å². The van der Waals surface area contributed by atoms with Crippen molar-refractivity contribution in [3.63, 3.8) is 0 Å². The van der Waals surface area contributed by atoms with E-state index in [2.05, 4.69) is 5.32 Å². The van der Waals surface area contributed by atoms with Crippen LogP contribution in [0.3, 0.4) is 0 Å². The maximum atomic E-state index is 10.8. The second-order valence-corrected chi connectivity index (χ2v) is 5.03. The zero-order valence-corrected chi connectivity index (χ0v) is 9.07. The Balaban J connectivity index is 2.08. The van der Waals surface area contributed by atoms with Crippen molar-refractivity contribution >= 4 is 10.8 Å². The molecule has 0 radical (unpaired) electrons. The molecule has 0 aromatic heterocycles. The summed E-state index contributed by atoms with van der Waals surface area (Å²) < 4.78 is 16.2. The Morgan fingerprint density at radius 2 is 2.31 bits per heavy atom. The minimum absolute atomic E-state index is 0.575. The number of hydrogen-bond acceptors (Lipinski definition) is 3. The minimum atomic E-state index is -0.668. The van der Waals surface area contributed by atoms with Gasteiger partial charge in [0.2, 0.25) is 0 Å². The van der Waals surface area contributed by atoms with Crippen LogP contribution in [0.15, 0.2) is 0 Å². The Bertz CT molecular complexity index is 156. The number of nitrogens with one attached hydrogen (secondary N) is 1. The van der Waals surface area contributed by atoms with E-state index in [4.69, 9.17) is 4.74 Å². The summed E-state index contributed by atoms with van der Waals surface area (Å²) in [5.41, 5.74) is 0. The molecule has 4 heteroatoms. The first kappa shape index (κ1) is 11.1. The van der Waals surface area contributed by atoms with Crippen LogP contribution >= 0.6 is 0 Å². The number of ether oxygens (including phenoxy) is 1. The zero-order valence-electron chi connectivity index (χ0n) is 8.25. The van der Waals surface area contributed by atoms with Gasteiger partial charge in [0.05, 0.1) is 0 Å². The SMILES string of the molecule is CS(=O)CCNC1CCCOCC1. The van der Waals surface area contributed by atoms with Crippen molar-refractivity contribution in [1.82, 2.24) is 5.32 Å². The predicted molar refractivity (Wildman–Crippen MR) is 55.4 cm³/mol. The topological polar surface area (TPSA) is 38.3 Å². The molecule has 1 aliphatic heterocycles. The van der Waals surface area contributed by atoms with Gasteiger partial charge in [0.25, 0.3) is 0 Å². The lowest BCUT2D eigenvalue weighted by molar-refractivity contribution is 0.142. The minimum Gasteiger partial charge on any atom is -0.381 e. The van der Waals surface area contributed by atoms with E-state index in [9.17, 15) is 4.21 Å². The summed E-state index contributed by atoms with van der Waals surface area (Å²) in [6, 6.07) is 0.575. The molecule has 78 valence electrons. The summed E-state index contributed by atoms with van der Waals surface area (Å²) in [5.74, 6) is 0.761.